The molecule has 0 saturated heterocycles. The predicted octanol–water partition coefficient (Wildman–Crippen LogP) is 1.08. The monoisotopic (exact) mass is 390 g/mol. The Balaban J connectivity index is 2.07. The minimum atomic E-state index is -1.51. The van der Waals surface area contributed by atoms with Gasteiger partial charge in [0, 0.05) is 0 Å². The van der Waals surface area contributed by atoms with Crippen LogP contribution in [0.15, 0.2) is 54.6 Å². The molecule has 0 fully saturated rings. The fraction of sp³-hybridized carbons (Fsp3) is 0.381. The molecule has 4 atom stereocenters. The lowest BCUT2D eigenvalue weighted by Crippen LogP contribution is -2.48. The summed E-state index contributed by atoms with van der Waals surface area (Å²) in [7, 11) is 1.56. The summed E-state index contributed by atoms with van der Waals surface area (Å²) in [6, 6.07) is 16.3. The van der Waals surface area contributed by atoms with E-state index in [2.05, 4.69) is 0 Å². The number of carbonyl (C=O) groups excluding carboxylic acids is 1. The van der Waals surface area contributed by atoms with Crippen LogP contribution in [0.1, 0.15) is 11.1 Å². The number of benzene rings is 2. The van der Waals surface area contributed by atoms with E-state index in [9.17, 15) is 15.0 Å². The van der Waals surface area contributed by atoms with Crippen molar-refractivity contribution in [2.45, 2.75) is 37.6 Å². The third-order valence-electron chi connectivity index (χ3n) is 4.26. The molecule has 0 radical (unpaired) electrons. The van der Waals surface area contributed by atoms with Gasteiger partial charge >= 0.3 is 0 Å². The minimum Gasteiger partial charge on any atom is -0.497 e. The van der Waals surface area contributed by atoms with Gasteiger partial charge in [0.05, 0.1) is 26.9 Å². The fourth-order valence-electron chi connectivity index (χ4n) is 2.61. The Hall–Kier alpha value is -2.29. The number of aliphatic hydroxyl groups excluding tert-OH is 3. The lowest BCUT2D eigenvalue weighted by atomic mass is 10.0. The molecule has 0 aliphatic heterocycles. The Morgan fingerprint density at radius 3 is 2.11 bits per heavy atom. The molecule has 152 valence electrons. The normalized spacial score (nSPS) is 15.4. The number of carbonyl (C=O) groups is 1. The van der Waals surface area contributed by atoms with Gasteiger partial charge in [0.25, 0.3) is 0 Å². The largest absolute Gasteiger partial charge is 0.497 e. The van der Waals surface area contributed by atoms with Crippen molar-refractivity contribution >= 4 is 6.29 Å². The van der Waals surface area contributed by atoms with Gasteiger partial charge in [0.2, 0.25) is 0 Å². The quantitative estimate of drug-likeness (QED) is 0.466. The van der Waals surface area contributed by atoms with Gasteiger partial charge in [-0.3, -0.25) is 0 Å². The smallest absolute Gasteiger partial charge is 0.151 e. The first-order valence-electron chi connectivity index (χ1n) is 8.91. The van der Waals surface area contributed by atoms with Crippen molar-refractivity contribution in [2.75, 3.05) is 13.7 Å². The van der Waals surface area contributed by atoms with E-state index >= 15 is 0 Å². The van der Waals surface area contributed by atoms with Gasteiger partial charge in [-0.25, -0.2) is 0 Å². The minimum absolute atomic E-state index is 0.0723. The number of aliphatic hydroxyl groups is 3. The standard InChI is InChI=1S/C21H26O7/c1-26-17-9-7-16(8-10-17)14-28-21(20(25)18(24)11-22)19(12-23)27-13-15-5-3-2-4-6-15/h2-10,12,18-22,24-25H,11,13-14H2,1H3/t18-,19+,20-,21+/m1/s1. The lowest BCUT2D eigenvalue weighted by Gasteiger charge is -2.30. The van der Waals surface area contributed by atoms with Crippen molar-refractivity contribution in [3.05, 3.63) is 65.7 Å². The summed E-state index contributed by atoms with van der Waals surface area (Å²) in [5.41, 5.74) is 1.63. The average Bonchev–Trinajstić information content (AvgIpc) is 2.76. The van der Waals surface area contributed by atoms with Crippen LogP contribution in [-0.4, -0.2) is 59.7 Å². The van der Waals surface area contributed by atoms with E-state index < -0.39 is 31.0 Å². The van der Waals surface area contributed by atoms with Gasteiger partial charge in [-0.1, -0.05) is 42.5 Å². The van der Waals surface area contributed by atoms with E-state index in [4.69, 9.17) is 19.3 Å². The fourth-order valence-corrected chi connectivity index (χ4v) is 2.61. The number of hydrogen-bond acceptors (Lipinski definition) is 7. The predicted molar refractivity (Wildman–Crippen MR) is 102 cm³/mol. The summed E-state index contributed by atoms with van der Waals surface area (Å²) in [6.45, 7) is -0.467. The van der Waals surface area contributed by atoms with E-state index in [1.54, 1.807) is 31.4 Å². The molecule has 28 heavy (non-hydrogen) atoms. The van der Waals surface area contributed by atoms with E-state index in [1.807, 2.05) is 30.3 Å². The molecule has 2 aromatic carbocycles. The van der Waals surface area contributed by atoms with Crippen LogP contribution >= 0.6 is 0 Å². The highest BCUT2D eigenvalue weighted by molar-refractivity contribution is 5.57. The number of ether oxygens (including phenoxy) is 3. The van der Waals surface area contributed by atoms with E-state index in [1.165, 1.54) is 0 Å². The summed E-state index contributed by atoms with van der Waals surface area (Å²) >= 11 is 0. The molecule has 0 aromatic heterocycles. The molecule has 0 saturated carbocycles. The Bertz CT molecular complexity index is 690. The maximum Gasteiger partial charge on any atom is 0.151 e. The number of rotatable bonds is 12. The van der Waals surface area contributed by atoms with Crippen molar-refractivity contribution in [1.82, 2.24) is 0 Å². The molecule has 0 bridgehead atoms. The van der Waals surface area contributed by atoms with Gasteiger partial charge in [-0.15, -0.1) is 0 Å². The van der Waals surface area contributed by atoms with E-state index in [0.29, 0.717) is 12.0 Å². The molecular weight excluding hydrogens is 364 g/mol. The second-order valence-corrected chi connectivity index (χ2v) is 6.26. The van der Waals surface area contributed by atoms with Gasteiger partial charge < -0.3 is 34.3 Å². The summed E-state index contributed by atoms with van der Waals surface area (Å²) in [6.07, 6.45) is -4.74. The molecule has 2 aromatic rings. The van der Waals surface area contributed by atoms with Gasteiger partial charge in [0.1, 0.15) is 30.2 Å². The second-order valence-electron chi connectivity index (χ2n) is 6.26. The summed E-state index contributed by atoms with van der Waals surface area (Å²) in [5, 5.41) is 29.3. The molecule has 0 spiro atoms. The highest BCUT2D eigenvalue weighted by Crippen LogP contribution is 2.17. The Morgan fingerprint density at radius 2 is 1.54 bits per heavy atom. The topological polar surface area (TPSA) is 105 Å². The molecule has 7 nitrogen and oxygen atoms in total. The zero-order valence-corrected chi connectivity index (χ0v) is 15.7. The number of aldehydes is 1. The van der Waals surface area contributed by atoms with Crippen molar-refractivity contribution in [1.29, 1.82) is 0 Å². The van der Waals surface area contributed by atoms with Crippen LogP contribution in [0.2, 0.25) is 0 Å². The van der Waals surface area contributed by atoms with Crippen LogP contribution in [0.5, 0.6) is 5.75 Å². The maximum atomic E-state index is 11.6. The molecule has 2 rings (SSSR count). The van der Waals surface area contributed by atoms with Crippen molar-refractivity contribution in [3.8, 4) is 5.75 Å². The van der Waals surface area contributed by atoms with Crippen LogP contribution in [0.3, 0.4) is 0 Å². The summed E-state index contributed by atoms with van der Waals surface area (Å²) in [4.78, 5) is 11.6. The summed E-state index contributed by atoms with van der Waals surface area (Å²) in [5.74, 6) is 0.688. The molecule has 0 unspecified atom stereocenters. The number of hydrogen-bond donors (Lipinski definition) is 3. The molecule has 7 heteroatoms. The first kappa shape index (κ1) is 22.0. The lowest BCUT2D eigenvalue weighted by molar-refractivity contribution is -0.165. The van der Waals surface area contributed by atoms with Crippen molar-refractivity contribution < 1.29 is 34.3 Å². The highest BCUT2D eigenvalue weighted by Gasteiger charge is 2.34. The van der Waals surface area contributed by atoms with Crippen LogP contribution in [0.25, 0.3) is 0 Å². The van der Waals surface area contributed by atoms with Crippen molar-refractivity contribution in [3.63, 3.8) is 0 Å². The SMILES string of the molecule is COc1ccc(CO[C@H]([C@H](O)[C@H](O)CO)[C@H](C=O)OCc2ccccc2)cc1. The van der Waals surface area contributed by atoms with Crippen LogP contribution in [0.4, 0.5) is 0 Å². The highest BCUT2D eigenvalue weighted by atomic mass is 16.6. The maximum absolute atomic E-state index is 11.6. The Labute approximate surface area is 164 Å². The molecule has 0 aliphatic rings. The van der Waals surface area contributed by atoms with Gasteiger partial charge in [0.15, 0.2) is 6.29 Å². The zero-order valence-electron chi connectivity index (χ0n) is 15.7. The van der Waals surface area contributed by atoms with E-state index in [0.717, 1.165) is 11.1 Å². The van der Waals surface area contributed by atoms with Crippen LogP contribution in [-0.2, 0) is 27.5 Å². The third kappa shape index (κ3) is 6.40. The van der Waals surface area contributed by atoms with E-state index in [-0.39, 0.29) is 13.2 Å². The molecule has 0 heterocycles. The van der Waals surface area contributed by atoms with Crippen LogP contribution < -0.4 is 4.74 Å². The number of methoxy groups -OCH3 is 1. The van der Waals surface area contributed by atoms with Crippen LogP contribution in [0, 0.1) is 0 Å². The first-order chi connectivity index (χ1) is 13.6. The first-order valence-corrected chi connectivity index (χ1v) is 8.91. The third-order valence-corrected chi connectivity index (χ3v) is 4.26. The average molecular weight is 390 g/mol. The second kappa shape index (κ2) is 11.5. The van der Waals surface area contributed by atoms with Gasteiger partial charge in [-0.05, 0) is 23.3 Å². The Morgan fingerprint density at radius 1 is 0.929 bits per heavy atom. The summed E-state index contributed by atoms with van der Waals surface area (Å²) < 4.78 is 16.4. The molecule has 3 N–H and O–H groups in total. The van der Waals surface area contributed by atoms with Gasteiger partial charge in [-0.2, -0.15) is 0 Å². The zero-order chi connectivity index (χ0) is 20.4. The molecule has 0 amide bonds. The molecular formula is C21H26O7. The molecule has 0 aliphatic carbocycles. The Kier molecular flexibility index (Phi) is 9.06. The van der Waals surface area contributed by atoms with Crippen molar-refractivity contribution in [2.24, 2.45) is 0 Å².